The molecule has 0 spiro atoms. The zero-order valence-electron chi connectivity index (χ0n) is 7.03. The molecule has 2 N–H and O–H groups in total. The molecule has 0 amide bonds. The maximum atomic E-state index is 6.11. The van der Waals surface area contributed by atoms with Crippen LogP contribution in [0.4, 0.5) is 0 Å². The minimum atomic E-state index is 0.0949. The molecule has 1 unspecified atom stereocenters. The SMILES string of the molecule is NC1c2ccccc2-c2sccc21. The van der Waals surface area contributed by atoms with Crippen LogP contribution < -0.4 is 5.73 Å². The maximum absolute atomic E-state index is 6.11. The molecule has 0 fully saturated rings. The van der Waals surface area contributed by atoms with Crippen molar-refractivity contribution in [3.05, 3.63) is 46.8 Å². The van der Waals surface area contributed by atoms with E-state index in [2.05, 4.69) is 35.7 Å². The first-order valence-electron chi connectivity index (χ1n) is 4.30. The van der Waals surface area contributed by atoms with Crippen molar-refractivity contribution >= 4 is 11.3 Å². The Labute approximate surface area is 80.8 Å². The molecule has 1 aromatic carbocycles. The van der Waals surface area contributed by atoms with E-state index in [4.69, 9.17) is 5.73 Å². The van der Waals surface area contributed by atoms with E-state index in [0.717, 1.165) is 0 Å². The summed E-state index contributed by atoms with van der Waals surface area (Å²) >= 11 is 1.78. The summed E-state index contributed by atoms with van der Waals surface area (Å²) in [6.45, 7) is 0. The van der Waals surface area contributed by atoms with Gasteiger partial charge in [-0.05, 0) is 28.1 Å². The molecule has 3 rings (SSSR count). The number of thiophene rings is 1. The Kier molecular flexibility index (Phi) is 1.37. The van der Waals surface area contributed by atoms with E-state index in [9.17, 15) is 0 Å². The van der Waals surface area contributed by atoms with E-state index in [1.165, 1.54) is 21.6 Å². The van der Waals surface area contributed by atoms with Gasteiger partial charge in [0.05, 0.1) is 6.04 Å². The highest BCUT2D eigenvalue weighted by molar-refractivity contribution is 7.13. The van der Waals surface area contributed by atoms with Crippen molar-refractivity contribution in [2.75, 3.05) is 0 Å². The normalized spacial score (nSPS) is 18.4. The number of benzene rings is 1. The van der Waals surface area contributed by atoms with Crippen LogP contribution in [0.15, 0.2) is 35.7 Å². The molecule has 0 saturated carbocycles. The molecule has 2 heteroatoms. The maximum Gasteiger partial charge on any atom is 0.0572 e. The summed E-state index contributed by atoms with van der Waals surface area (Å²) in [5, 5.41) is 2.11. The Morgan fingerprint density at radius 3 is 2.85 bits per heavy atom. The average molecular weight is 187 g/mol. The van der Waals surface area contributed by atoms with Crippen molar-refractivity contribution in [2.45, 2.75) is 6.04 Å². The lowest BCUT2D eigenvalue weighted by atomic mass is 10.1. The van der Waals surface area contributed by atoms with Gasteiger partial charge in [0.25, 0.3) is 0 Å². The molecule has 0 bridgehead atoms. The van der Waals surface area contributed by atoms with Crippen LogP contribution in [0.3, 0.4) is 0 Å². The lowest BCUT2D eigenvalue weighted by Gasteiger charge is -2.04. The third kappa shape index (κ3) is 0.844. The Balaban J connectivity index is 2.37. The van der Waals surface area contributed by atoms with Crippen molar-refractivity contribution in [3.63, 3.8) is 0 Å². The van der Waals surface area contributed by atoms with Crippen LogP contribution in [-0.2, 0) is 0 Å². The fourth-order valence-corrected chi connectivity index (χ4v) is 2.92. The number of fused-ring (bicyclic) bond motifs is 3. The summed E-state index contributed by atoms with van der Waals surface area (Å²) in [5.41, 5.74) is 9.98. The zero-order valence-corrected chi connectivity index (χ0v) is 7.84. The molecule has 1 aromatic heterocycles. The number of hydrogen-bond acceptors (Lipinski definition) is 2. The number of nitrogens with two attached hydrogens (primary N) is 1. The molecule has 1 aliphatic rings. The first-order chi connectivity index (χ1) is 6.38. The van der Waals surface area contributed by atoms with Crippen LogP contribution in [0, 0.1) is 0 Å². The largest absolute Gasteiger partial charge is 0.320 e. The highest BCUT2D eigenvalue weighted by atomic mass is 32.1. The summed E-state index contributed by atoms with van der Waals surface area (Å²) in [7, 11) is 0. The summed E-state index contributed by atoms with van der Waals surface area (Å²) in [6.07, 6.45) is 0. The quantitative estimate of drug-likeness (QED) is 0.674. The van der Waals surface area contributed by atoms with Crippen molar-refractivity contribution in [1.82, 2.24) is 0 Å². The van der Waals surface area contributed by atoms with Crippen LogP contribution in [0.5, 0.6) is 0 Å². The minimum absolute atomic E-state index is 0.0949. The summed E-state index contributed by atoms with van der Waals surface area (Å²) in [4.78, 5) is 1.35. The van der Waals surface area contributed by atoms with Gasteiger partial charge in [0.1, 0.15) is 0 Å². The van der Waals surface area contributed by atoms with Crippen LogP contribution >= 0.6 is 11.3 Å². The highest BCUT2D eigenvalue weighted by Crippen LogP contribution is 2.44. The summed E-state index contributed by atoms with van der Waals surface area (Å²) < 4.78 is 0. The van der Waals surface area contributed by atoms with Crippen LogP contribution in [0.1, 0.15) is 17.2 Å². The zero-order chi connectivity index (χ0) is 8.84. The molecule has 2 aromatic rings. The molecule has 13 heavy (non-hydrogen) atoms. The Morgan fingerprint density at radius 2 is 1.92 bits per heavy atom. The average Bonchev–Trinajstić information content (AvgIpc) is 2.72. The third-order valence-electron chi connectivity index (χ3n) is 2.57. The van der Waals surface area contributed by atoms with Crippen molar-refractivity contribution < 1.29 is 0 Å². The van der Waals surface area contributed by atoms with E-state index < -0.39 is 0 Å². The van der Waals surface area contributed by atoms with Crippen LogP contribution in [-0.4, -0.2) is 0 Å². The summed E-state index contributed by atoms with van der Waals surface area (Å²) in [6, 6.07) is 10.6. The van der Waals surface area contributed by atoms with Gasteiger partial charge in [-0.2, -0.15) is 0 Å². The van der Waals surface area contributed by atoms with Gasteiger partial charge in [0, 0.05) is 4.88 Å². The van der Waals surface area contributed by atoms with Crippen molar-refractivity contribution in [2.24, 2.45) is 5.73 Å². The summed E-state index contributed by atoms with van der Waals surface area (Å²) in [5.74, 6) is 0. The molecular weight excluding hydrogens is 178 g/mol. The Hall–Kier alpha value is -1.12. The highest BCUT2D eigenvalue weighted by Gasteiger charge is 2.25. The lowest BCUT2D eigenvalue weighted by Crippen LogP contribution is -2.06. The number of rotatable bonds is 0. The molecular formula is C11H9NS. The van der Waals surface area contributed by atoms with Gasteiger partial charge >= 0.3 is 0 Å². The molecule has 0 radical (unpaired) electrons. The van der Waals surface area contributed by atoms with Gasteiger partial charge in [0.15, 0.2) is 0 Å². The first kappa shape index (κ1) is 7.30. The van der Waals surface area contributed by atoms with E-state index in [-0.39, 0.29) is 6.04 Å². The third-order valence-corrected chi connectivity index (χ3v) is 3.53. The second-order valence-electron chi connectivity index (χ2n) is 3.27. The topological polar surface area (TPSA) is 26.0 Å². The van der Waals surface area contributed by atoms with E-state index in [1.54, 1.807) is 11.3 Å². The van der Waals surface area contributed by atoms with Gasteiger partial charge < -0.3 is 5.73 Å². The minimum Gasteiger partial charge on any atom is -0.320 e. The van der Waals surface area contributed by atoms with Crippen LogP contribution in [0.25, 0.3) is 10.4 Å². The van der Waals surface area contributed by atoms with Crippen molar-refractivity contribution in [3.8, 4) is 10.4 Å². The monoisotopic (exact) mass is 187 g/mol. The predicted molar refractivity (Wildman–Crippen MR) is 55.8 cm³/mol. The van der Waals surface area contributed by atoms with Crippen molar-refractivity contribution in [1.29, 1.82) is 0 Å². The molecule has 0 saturated heterocycles. The fourth-order valence-electron chi connectivity index (χ4n) is 1.93. The van der Waals surface area contributed by atoms with Crippen LogP contribution in [0.2, 0.25) is 0 Å². The molecule has 1 nitrogen and oxygen atoms in total. The van der Waals surface area contributed by atoms with Gasteiger partial charge in [-0.25, -0.2) is 0 Å². The predicted octanol–water partition coefficient (Wildman–Crippen LogP) is 2.78. The molecule has 1 aliphatic carbocycles. The Morgan fingerprint density at radius 1 is 1.08 bits per heavy atom. The van der Waals surface area contributed by atoms with Gasteiger partial charge in [-0.1, -0.05) is 24.3 Å². The first-order valence-corrected chi connectivity index (χ1v) is 5.18. The second kappa shape index (κ2) is 2.44. The molecule has 0 aliphatic heterocycles. The van der Waals surface area contributed by atoms with E-state index >= 15 is 0 Å². The molecule has 64 valence electrons. The Bertz CT molecular complexity index is 459. The smallest absolute Gasteiger partial charge is 0.0572 e. The lowest BCUT2D eigenvalue weighted by molar-refractivity contribution is 0.904. The second-order valence-corrected chi connectivity index (χ2v) is 4.19. The van der Waals surface area contributed by atoms with E-state index in [1.807, 2.05) is 0 Å². The van der Waals surface area contributed by atoms with E-state index in [0.29, 0.717) is 0 Å². The number of hydrogen-bond donors (Lipinski definition) is 1. The van der Waals surface area contributed by atoms with Gasteiger partial charge in [0.2, 0.25) is 0 Å². The molecule has 1 atom stereocenters. The van der Waals surface area contributed by atoms with Gasteiger partial charge in [-0.15, -0.1) is 11.3 Å². The molecule has 1 heterocycles. The standard InChI is InChI=1S/C11H9NS/c12-10-7-3-1-2-4-8(7)11-9(10)5-6-13-11/h1-6,10H,12H2. The van der Waals surface area contributed by atoms with Gasteiger partial charge in [-0.3, -0.25) is 0 Å². The fraction of sp³-hybridized carbons (Fsp3) is 0.0909.